The number of nitrogens with one attached hydrogen (secondary N) is 1. The lowest BCUT2D eigenvalue weighted by Gasteiger charge is -2.32. The number of aromatic nitrogens is 2. The molecule has 0 saturated carbocycles. The molecule has 0 aliphatic carbocycles. The predicted octanol–water partition coefficient (Wildman–Crippen LogP) is 3.36. The van der Waals surface area contributed by atoms with Crippen LogP contribution in [0.2, 0.25) is 0 Å². The Morgan fingerprint density at radius 1 is 1.33 bits per heavy atom. The van der Waals surface area contributed by atoms with E-state index in [1.807, 2.05) is 25.1 Å². The highest BCUT2D eigenvalue weighted by molar-refractivity contribution is 5.79. The molecule has 1 aliphatic heterocycles. The second kappa shape index (κ2) is 6.95. The van der Waals surface area contributed by atoms with Crippen molar-refractivity contribution in [3.8, 4) is 5.75 Å². The number of rotatable bonds is 4. The average Bonchev–Trinajstić information content (AvgIpc) is 2.57. The van der Waals surface area contributed by atoms with Crippen LogP contribution in [0.1, 0.15) is 25.3 Å². The van der Waals surface area contributed by atoms with Crippen molar-refractivity contribution in [2.45, 2.75) is 26.7 Å². The normalized spacial score (nSPS) is 17.6. The van der Waals surface area contributed by atoms with Crippen LogP contribution in [-0.2, 0) is 0 Å². The van der Waals surface area contributed by atoms with Crippen LogP contribution in [-0.4, -0.2) is 30.2 Å². The minimum Gasteiger partial charge on any atom is -0.495 e. The molecular formula is C18H25N5O. The molecule has 2 heterocycles. The lowest BCUT2D eigenvalue weighted by atomic mass is 10.0. The molecular weight excluding hydrogens is 302 g/mol. The molecule has 1 saturated heterocycles. The molecule has 1 aromatic heterocycles. The SMILES string of the molecule is COc1ccc(C)cc1Nc1ncnc(N2CCCC(C)C2)c1N. The van der Waals surface area contributed by atoms with Crippen LogP contribution in [0.5, 0.6) is 5.75 Å². The van der Waals surface area contributed by atoms with E-state index in [1.54, 1.807) is 13.4 Å². The van der Waals surface area contributed by atoms with Gasteiger partial charge in [-0.25, -0.2) is 9.97 Å². The van der Waals surface area contributed by atoms with E-state index in [9.17, 15) is 0 Å². The first kappa shape index (κ1) is 16.4. The summed E-state index contributed by atoms with van der Waals surface area (Å²) in [6.45, 7) is 6.27. The molecule has 0 amide bonds. The van der Waals surface area contributed by atoms with E-state index < -0.39 is 0 Å². The molecule has 1 unspecified atom stereocenters. The number of hydrogen-bond acceptors (Lipinski definition) is 6. The summed E-state index contributed by atoms with van der Waals surface area (Å²) in [7, 11) is 1.65. The molecule has 1 fully saturated rings. The Morgan fingerprint density at radius 3 is 2.92 bits per heavy atom. The lowest BCUT2D eigenvalue weighted by molar-refractivity contribution is 0.416. The zero-order valence-corrected chi connectivity index (χ0v) is 14.5. The number of piperidine rings is 1. The molecule has 0 bridgehead atoms. The summed E-state index contributed by atoms with van der Waals surface area (Å²) in [6, 6.07) is 5.96. The zero-order chi connectivity index (χ0) is 17.1. The Bertz CT molecular complexity index is 719. The highest BCUT2D eigenvalue weighted by Gasteiger charge is 2.21. The van der Waals surface area contributed by atoms with Crippen molar-refractivity contribution in [1.82, 2.24) is 9.97 Å². The third-order valence-electron chi connectivity index (χ3n) is 4.43. The van der Waals surface area contributed by atoms with Crippen LogP contribution in [0.15, 0.2) is 24.5 Å². The largest absolute Gasteiger partial charge is 0.495 e. The summed E-state index contributed by atoms with van der Waals surface area (Å²) in [5.74, 6) is 2.83. The second-order valence-electron chi connectivity index (χ2n) is 6.48. The second-order valence-corrected chi connectivity index (χ2v) is 6.48. The fraction of sp³-hybridized carbons (Fsp3) is 0.444. The van der Waals surface area contributed by atoms with E-state index in [0.29, 0.717) is 17.4 Å². The first-order chi connectivity index (χ1) is 11.6. The van der Waals surface area contributed by atoms with E-state index >= 15 is 0 Å². The van der Waals surface area contributed by atoms with Gasteiger partial charge < -0.3 is 20.7 Å². The van der Waals surface area contributed by atoms with Gasteiger partial charge in [0, 0.05) is 13.1 Å². The summed E-state index contributed by atoms with van der Waals surface area (Å²) in [6.07, 6.45) is 3.99. The van der Waals surface area contributed by atoms with Gasteiger partial charge in [0.2, 0.25) is 0 Å². The van der Waals surface area contributed by atoms with Crippen molar-refractivity contribution in [3.63, 3.8) is 0 Å². The quantitative estimate of drug-likeness (QED) is 0.897. The Labute approximate surface area is 143 Å². The maximum absolute atomic E-state index is 6.37. The summed E-state index contributed by atoms with van der Waals surface area (Å²) >= 11 is 0. The van der Waals surface area contributed by atoms with Crippen molar-refractivity contribution in [2.24, 2.45) is 5.92 Å². The van der Waals surface area contributed by atoms with Crippen molar-refractivity contribution < 1.29 is 4.74 Å². The maximum atomic E-state index is 6.37. The first-order valence-corrected chi connectivity index (χ1v) is 8.35. The number of nitrogens with zero attached hydrogens (tertiary/aromatic N) is 3. The minimum absolute atomic E-state index is 0.579. The fourth-order valence-electron chi connectivity index (χ4n) is 3.17. The van der Waals surface area contributed by atoms with Crippen LogP contribution in [0, 0.1) is 12.8 Å². The van der Waals surface area contributed by atoms with Gasteiger partial charge in [-0.05, 0) is 43.4 Å². The van der Waals surface area contributed by atoms with Gasteiger partial charge in [0.05, 0.1) is 12.8 Å². The molecule has 6 heteroatoms. The molecule has 2 aromatic rings. The van der Waals surface area contributed by atoms with Crippen molar-refractivity contribution >= 4 is 23.0 Å². The predicted molar refractivity (Wildman–Crippen MR) is 98.1 cm³/mol. The monoisotopic (exact) mass is 327 g/mol. The molecule has 6 nitrogen and oxygen atoms in total. The molecule has 0 radical (unpaired) electrons. The van der Waals surface area contributed by atoms with E-state index in [4.69, 9.17) is 10.5 Å². The van der Waals surface area contributed by atoms with Crippen molar-refractivity contribution in [3.05, 3.63) is 30.1 Å². The third kappa shape index (κ3) is 3.37. The fourth-order valence-corrected chi connectivity index (χ4v) is 3.17. The zero-order valence-electron chi connectivity index (χ0n) is 14.5. The van der Waals surface area contributed by atoms with Gasteiger partial charge in [-0.15, -0.1) is 0 Å². The smallest absolute Gasteiger partial charge is 0.159 e. The van der Waals surface area contributed by atoms with E-state index in [1.165, 1.54) is 12.8 Å². The van der Waals surface area contributed by atoms with Crippen LogP contribution < -0.4 is 20.7 Å². The number of hydrogen-bond donors (Lipinski definition) is 2. The van der Waals surface area contributed by atoms with Crippen LogP contribution in [0.25, 0.3) is 0 Å². The first-order valence-electron chi connectivity index (χ1n) is 8.35. The molecule has 1 atom stereocenters. The molecule has 128 valence electrons. The van der Waals surface area contributed by atoms with Gasteiger partial charge in [0.1, 0.15) is 17.8 Å². The van der Waals surface area contributed by atoms with Gasteiger partial charge >= 0.3 is 0 Å². The molecule has 3 rings (SSSR count). The Hall–Kier alpha value is -2.50. The van der Waals surface area contributed by atoms with Crippen LogP contribution in [0.3, 0.4) is 0 Å². The van der Waals surface area contributed by atoms with E-state index in [-0.39, 0.29) is 0 Å². The van der Waals surface area contributed by atoms with Gasteiger partial charge in [-0.2, -0.15) is 0 Å². The summed E-state index contributed by atoms with van der Waals surface area (Å²) < 4.78 is 5.42. The minimum atomic E-state index is 0.579. The average molecular weight is 327 g/mol. The molecule has 0 spiro atoms. The Kier molecular flexibility index (Phi) is 4.74. The number of ether oxygens (including phenoxy) is 1. The number of nitrogens with two attached hydrogens (primary N) is 1. The van der Waals surface area contributed by atoms with Gasteiger partial charge in [-0.3, -0.25) is 0 Å². The maximum Gasteiger partial charge on any atom is 0.159 e. The Morgan fingerprint density at radius 2 is 2.17 bits per heavy atom. The highest BCUT2D eigenvalue weighted by Crippen LogP contribution is 2.34. The molecule has 1 aromatic carbocycles. The number of aryl methyl sites for hydroxylation is 1. The van der Waals surface area contributed by atoms with Crippen LogP contribution in [0.4, 0.5) is 23.0 Å². The molecule has 1 aliphatic rings. The number of anilines is 4. The van der Waals surface area contributed by atoms with Gasteiger partial charge in [-0.1, -0.05) is 13.0 Å². The summed E-state index contributed by atoms with van der Waals surface area (Å²) in [5, 5.41) is 3.30. The topological polar surface area (TPSA) is 76.3 Å². The van der Waals surface area contributed by atoms with E-state index in [2.05, 4.69) is 27.1 Å². The van der Waals surface area contributed by atoms with Gasteiger partial charge in [0.15, 0.2) is 11.6 Å². The standard InChI is InChI=1S/C18H25N5O/c1-12-6-7-15(24-3)14(9-12)22-17-16(19)18(21-11-20-17)23-8-4-5-13(2)10-23/h6-7,9,11,13H,4-5,8,10,19H2,1-3H3,(H,20,21,22). The summed E-state index contributed by atoms with van der Waals surface area (Å²) in [5.41, 5.74) is 8.93. The van der Waals surface area contributed by atoms with Gasteiger partial charge in [0.25, 0.3) is 0 Å². The van der Waals surface area contributed by atoms with Crippen LogP contribution >= 0.6 is 0 Å². The highest BCUT2D eigenvalue weighted by atomic mass is 16.5. The molecule has 3 N–H and O–H groups in total. The van der Waals surface area contributed by atoms with Crippen molar-refractivity contribution in [1.29, 1.82) is 0 Å². The lowest BCUT2D eigenvalue weighted by Crippen LogP contribution is -2.35. The van der Waals surface area contributed by atoms with Crippen molar-refractivity contribution in [2.75, 3.05) is 36.1 Å². The molecule has 24 heavy (non-hydrogen) atoms. The summed E-state index contributed by atoms with van der Waals surface area (Å²) in [4.78, 5) is 11.0. The third-order valence-corrected chi connectivity index (χ3v) is 4.43. The van der Waals surface area contributed by atoms with E-state index in [0.717, 1.165) is 35.9 Å². The number of benzene rings is 1. The Balaban J connectivity index is 1.90. The number of nitrogen functional groups attached to an aromatic ring is 1. The number of methoxy groups -OCH3 is 1.